The second kappa shape index (κ2) is 5.13. The highest BCUT2D eigenvalue weighted by molar-refractivity contribution is 5.80. The smallest absolute Gasteiger partial charge is 0.177 e. The predicted octanol–water partition coefficient (Wildman–Crippen LogP) is 3.41. The molecule has 1 N–H and O–H groups in total. The Morgan fingerprint density at radius 2 is 1.67 bits per heavy atom. The monoisotopic (exact) mass is 276 g/mol. The van der Waals surface area contributed by atoms with Crippen LogP contribution in [0.4, 0.5) is 0 Å². The predicted molar refractivity (Wildman–Crippen MR) is 81.7 cm³/mol. The summed E-state index contributed by atoms with van der Waals surface area (Å²) in [7, 11) is 0. The molecule has 0 spiro atoms. The molecule has 3 aromatic rings. The van der Waals surface area contributed by atoms with Gasteiger partial charge in [-0.2, -0.15) is 5.21 Å². The van der Waals surface area contributed by atoms with Gasteiger partial charge in [-0.15, -0.1) is 10.2 Å². The maximum absolute atomic E-state index is 4.11. The van der Waals surface area contributed by atoms with Crippen LogP contribution in [0.15, 0.2) is 42.5 Å². The van der Waals surface area contributed by atoms with E-state index in [2.05, 4.69) is 51.0 Å². The zero-order valence-corrected chi connectivity index (χ0v) is 11.7. The van der Waals surface area contributed by atoms with Crippen molar-refractivity contribution in [3.05, 3.63) is 53.6 Å². The van der Waals surface area contributed by atoms with Crippen LogP contribution in [0, 0.1) is 0 Å². The summed E-state index contributed by atoms with van der Waals surface area (Å²) in [5, 5.41) is 14.4. The molecule has 1 heterocycles. The van der Waals surface area contributed by atoms with Crippen LogP contribution < -0.4 is 0 Å². The topological polar surface area (TPSA) is 54.5 Å². The molecule has 0 saturated carbocycles. The molecule has 0 atom stereocenters. The van der Waals surface area contributed by atoms with Gasteiger partial charge in [0.1, 0.15) is 0 Å². The minimum absolute atomic E-state index is 0.642. The van der Waals surface area contributed by atoms with Crippen LogP contribution in [0.2, 0.25) is 0 Å². The third-order valence-electron chi connectivity index (χ3n) is 4.17. The number of hydrogen-bond acceptors (Lipinski definition) is 3. The van der Waals surface area contributed by atoms with Crippen LogP contribution in [0.25, 0.3) is 22.5 Å². The Bertz CT molecular complexity index is 762. The fourth-order valence-electron chi connectivity index (χ4n) is 3.11. The average molecular weight is 276 g/mol. The number of benzene rings is 2. The van der Waals surface area contributed by atoms with Gasteiger partial charge in [0.15, 0.2) is 0 Å². The number of fused-ring (bicyclic) bond motifs is 1. The third kappa shape index (κ3) is 2.23. The molecular formula is C17H16N4. The molecule has 4 heteroatoms. The van der Waals surface area contributed by atoms with E-state index in [4.69, 9.17) is 0 Å². The molecule has 1 aliphatic rings. The summed E-state index contributed by atoms with van der Waals surface area (Å²) in [6, 6.07) is 15.0. The van der Waals surface area contributed by atoms with E-state index in [0.717, 1.165) is 11.1 Å². The number of nitrogens with zero attached hydrogens (tertiary/aromatic N) is 3. The van der Waals surface area contributed by atoms with Gasteiger partial charge in [-0.05, 0) is 53.2 Å². The number of tetrazole rings is 1. The van der Waals surface area contributed by atoms with E-state index in [0.29, 0.717) is 5.82 Å². The van der Waals surface area contributed by atoms with E-state index >= 15 is 0 Å². The number of aromatic nitrogens is 4. The number of hydrogen-bond donors (Lipinski definition) is 1. The Morgan fingerprint density at radius 3 is 2.48 bits per heavy atom. The lowest BCUT2D eigenvalue weighted by atomic mass is 9.88. The second-order valence-electron chi connectivity index (χ2n) is 5.47. The summed E-state index contributed by atoms with van der Waals surface area (Å²) in [4.78, 5) is 0. The fraction of sp³-hybridized carbons (Fsp3) is 0.235. The van der Waals surface area contributed by atoms with Crippen LogP contribution in [-0.2, 0) is 12.8 Å². The summed E-state index contributed by atoms with van der Waals surface area (Å²) in [6.07, 6.45) is 5.00. The van der Waals surface area contributed by atoms with E-state index in [9.17, 15) is 0 Å². The number of H-pyrrole nitrogens is 1. The Kier molecular flexibility index (Phi) is 2.99. The maximum atomic E-state index is 4.11. The van der Waals surface area contributed by atoms with Crippen molar-refractivity contribution in [3.8, 4) is 22.5 Å². The first kappa shape index (κ1) is 12.3. The van der Waals surface area contributed by atoms with Crippen molar-refractivity contribution in [1.82, 2.24) is 20.6 Å². The van der Waals surface area contributed by atoms with Crippen molar-refractivity contribution in [3.63, 3.8) is 0 Å². The van der Waals surface area contributed by atoms with Crippen molar-refractivity contribution >= 4 is 0 Å². The largest absolute Gasteiger partial charge is 0.205 e. The fourth-order valence-corrected chi connectivity index (χ4v) is 3.11. The van der Waals surface area contributed by atoms with Crippen molar-refractivity contribution in [2.45, 2.75) is 25.7 Å². The van der Waals surface area contributed by atoms with Crippen LogP contribution >= 0.6 is 0 Å². The van der Waals surface area contributed by atoms with Crippen LogP contribution in [0.1, 0.15) is 24.0 Å². The Morgan fingerprint density at radius 1 is 0.857 bits per heavy atom. The highest BCUT2D eigenvalue weighted by Crippen LogP contribution is 2.32. The van der Waals surface area contributed by atoms with Crippen molar-refractivity contribution in [1.29, 1.82) is 0 Å². The van der Waals surface area contributed by atoms with Crippen LogP contribution in [-0.4, -0.2) is 20.6 Å². The van der Waals surface area contributed by atoms with E-state index in [1.807, 2.05) is 12.1 Å². The van der Waals surface area contributed by atoms with Gasteiger partial charge in [-0.25, -0.2) is 0 Å². The van der Waals surface area contributed by atoms with Crippen molar-refractivity contribution < 1.29 is 0 Å². The van der Waals surface area contributed by atoms with Crippen LogP contribution in [0.5, 0.6) is 0 Å². The van der Waals surface area contributed by atoms with Gasteiger partial charge >= 0.3 is 0 Å². The third-order valence-corrected chi connectivity index (χ3v) is 4.17. The summed E-state index contributed by atoms with van der Waals surface area (Å²) >= 11 is 0. The lowest BCUT2D eigenvalue weighted by molar-refractivity contribution is 0.686. The van der Waals surface area contributed by atoms with Gasteiger partial charge < -0.3 is 0 Å². The number of aromatic amines is 1. The molecule has 4 rings (SSSR count). The molecule has 0 amide bonds. The number of rotatable bonds is 2. The molecule has 1 aliphatic carbocycles. The van der Waals surface area contributed by atoms with Gasteiger partial charge in [-0.1, -0.05) is 42.5 Å². The first-order chi connectivity index (χ1) is 10.4. The van der Waals surface area contributed by atoms with E-state index in [-0.39, 0.29) is 0 Å². The quantitative estimate of drug-likeness (QED) is 0.780. The van der Waals surface area contributed by atoms with Gasteiger partial charge in [-0.3, -0.25) is 0 Å². The summed E-state index contributed by atoms with van der Waals surface area (Å²) in [5.41, 5.74) is 6.40. The summed E-state index contributed by atoms with van der Waals surface area (Å²) in [5.74, 6) is 0.642. The normalized spacial score (nSPS) is 13.9. The number of aryl methyl sites for hydroxylation is 2. The van der Waals surface area contributed by atoms with Crippen LogP contribution in [0.3, 0.4) is 0 Å². The molecule has 1 aromatic heterocycles. The molecule has 4 nitrogen and oxygen atoms in total. The Balaban J connectivity index is 1.84. The SMILES string of the molecule is c1ccc(-c2nn[nH]n2)c(-c2ccc3c(c2)CCCC3)c1. The lowest BCUT2D eigenvalue weighted by Gasteiger charge is -2.17. The van der Waals surface area contributed by atoms with E-state index in [1.54, 1.807) is 0 Å². The zero-order valence-electron chi connectivity index (χ0n) is 11.7. The molecular weight excluding hydrogens is 260 g/mol. The first-order valence-corrected chi connectivity index (χ1v) is 7.37. The summed E-state index contributed by atoms with van der Waals surface area (Å²) < 4.78 is 0. The molecule has 0 bridgehead atoms. The Hall–Kier alpha value is -2.49. The molecule has 104 valence electrons. The zero-order chi connectivity index (χ0) is 14.1. The summed E-state index contributed by atoms with van der Waals surface area (Å²) in [6.45, 7) is 0. The molecule has 0 radical (unpaired) electrons. The highest BCUT2D eigenvalue weighted by Gasteiger charge is 2.14. The molecule has 2 aromatic carbocycles. The first-order valence-electron chi connectivity index (χ1n) is 7.37. The minimum atomic E-state index is 0.642. The van der Waals surface area contributed by atoms with Gasteiger partial charge in [0, 0.05) is 5.56 Å². The van der Waals surface area contributed by atoms with E-state index < -0.39 is 0 Å². The van der Waals surface area contributed by atoms with E-state index in [1.165, 1.54) is 42.4 Å². The second-order valence-corrected chi connectivity index (χ2v) is 5.47. The van der Waals surface area contributed by atoms with Gasteiger partial charge in [0.25, 0.3) is 0 Å². The van der Waals surface area contributed by atoms with Crippen molar-refractivity contribution in [2.24, 2.45) is 0 Å². The standard InChI is InChI=1S/C17H16N4/c1-2-6-13-11-14(10-9-12(13)5-1)15-7-3-4-8-16(15)17-18-20-21-19-17/h3-4,7-11H,1-2,5-6H2,(H,18,19,20,21). The molecule has 0 saturated heterocycles. The highest BCUT2D eigenvalue weighted by atomic mass is 15.5. The Labute approximate surface area is 123 Å². The average Bonchev–Trinajstić information content (AvgIpc) is 3.09. The molecule has 0 fully saturated rings. The minimum Gasteiger partial charge on any atom is -0.177 e. The lowest BCUT2D eigenvalue weighted by Crippen LogP contribution is -2.02. The van der Waals surface area contributed by atoms with Gasteiger partial charge in [0.2, 0.25) is 5.82 Å². The molecule has 0 unspecified atom stereocenters. The van der Waals surface area contributed by atoms with Gasteiger partial charge in [0.05, 0.1) is 0 Å². The molecule has 21 heavy (non-hydrogen) atoms. The van der Waals surface area contributed by atoms with Crippen molar-refractivity contribution in [2.75, 3.05) is 0 Å². The maximum Gasteiger partial charge on any atom is 0.205 e. The number of nitrogens with one attached hydrogen (secondary N) is 1. The molecule has 0 aliphatic heterocycles.